The Balaban J connectivity index is 1.35. The highest BCUT2D eigenvalue weighted by Crippen LogP contribution is 2.44. The largest absolute Gasteiger partial charge is 0.477 e. The first-order chi connectivity index (χ1) is 57.6. The monoisotopic (exact) mass is 1770 g/mol. The van der Waals surface area contributed by atoms with Crippen LogP contribution in [0.25, 0.3) is 0 Å². The fraction of sp³-hybridized carbons (Fsp3) is 0.851. The Morgan fingerprint density at radius 1 is 0.459 bits per heavy atom. The summed E-state index contributed by atoms with van der Waals surface area (Å²) in [6.45, 7) is -1.99. The van der Waals surface area contributed by atoms with E-state index in [1.807, 2.05) is 0 Å². The molecular weight excluding hydrogens is 1650 g/mol. The van der Waals surface area contributed by atoms with Gasteiger partial charge in [-0.25, -0.2) is 14.4 Å². The van der Waals surface area contributed by atoms with Crippen molar-refractivity contribution in [3.05, 3.63) is 12.2 Å². The van der Waals surface area contributed by atoms with Gasteiger partial charge in [-0.3, -0.25) is 28.8 Å². The van der Waals surface area contributed by atoms with Crippen LogP contribution in [-0.2, 0) is 105 Å². The molecule has 0 spiro atoms. The van der Waals surface area contributed by atoms with Gasteiger partial charge in [0.15, 0.2) is 18.9 Å². The Labute approximate surface area is 699 Å². The zero-order valence-electron chi connectivity index (χ0n) is 68.1. The van der Waals surface area contributed by atoms with Crippen LogP contribution >= 0.6 is 0 Å². The average molecular weight is 1770 g/mol. The molecule has 0 unspecified atom stereocenters. The summed E-state index contributed by atoms with van der Waals surface area (Å²) in [7, 11) is 0. The maximum absolute atomic E-state index is 14.3. The molecule has 6 fully saturated rings. The number of aliphatic hydroxyl groups is 18. The van der Waals surface area contributed by atoms with Crippen molar-refractivity contribution in [2.45, 2.75) is 351 Å². The molecule has 6 saturated heterocycles. The molecule has 6 rings (SSSR count). The highest BCUT2D eigenvalue weighted by atomic mass is 16.8. The molecule has 0 saturated carbocycles. The van der Waals surface area contributed by atoms with Crippen molar-refractivity contribution in [3.63, 3.8) is 0 Å². The van der Waals surface area contributed by atoms with Crippen LogP contribution in [0.2, 0.25) is 0 Å². The van der Waals surface area contributed by atoms with Crippen LogP contribution in [0.4, 0.5) is 0 Å². The molecule has 0 bridgehead atoms. The Hall–Kier alpha value is -6.23. The van der Waals surface area contributed by atoms with Gasteiger partial charge in [-0.05, 0) is 12.8 Å². The molecule has 0 aromatic carbocycles. The fourth-order valence-electron chi connectivity index (χ4n) is 15.4. The van der Waals surface area contributed by atoms with Crippen LogP contribution in [0.1, 0.15) is 138 Å². The molecule has 0 aliphatic carbocycles. The number of ether oxygens (including phenoxy) is 13. The molecule has 0 radical (unpaired) electrons. The Kier molecular flexibility index (Phi) is 41.7. The summed E-state index contributed by atoms with van der Waals surface area (Å²) in [5, 5.41) is 251. The van der Waals surface area contributed by atoms with Crippen molar-refractivity contribution in [1.29, 1.82) is 0 Å². The van der Waals surface area contributed by atoms with Crippen molar-refractivity contribution in [1.82, 2.24) is 26.6 Å². The number of carboxylic acids is 3. The van der Waals surface area contributed by atoms with Gasteiger partial charge in [0, 0.05) is 53.9 Å². The Bertz CT molecular complexity index is 3340. The molecule has 5 amide bonds. The second-order valence-corrected chi connectivity index (χ2v) is 31.0. The SMILES string of the molecule is CCCCCCCCCCCCC/C=C/[C@@H](O)[C@H](CO[C@@H]1O[C@H](CO)[C@@H](O[C@@H]2O[C@H](CO)[C@H](O[C@@H]3O[C@H](CO)[C@H](O)[C@H](O)[C@H]3NC(C)=O)[C@H](O[C@]3(C(=O)O)C[C@H](O)[C@@H](NC(C)=O)[C@H]([C@H](O)[C@@H](CO)O[C@]4(C(=O)O)C[C@H](O)[C@@H](NC(C)=O)[C@H]([C@H](O)[C@@H](CO)O[C@]5(C(=O)O)C[C@H](O)[C@@H](NC(C)=O)[C@H]([C@H](O)[C@H](O)COC(C)=O)O5)O4)O3)[C@H]2O)[C@H](O)[C@H]1O)NC=O. The summed E-state index contributed by atoms with van der Waals surface area (Å²) in [6, 6.07) is -9.28. The molecule has 35 atom stereocenters. The lowest BCUT2D eigenvalue weighted by Gasteiger charge is -2.52. The molecule has 48 heteroatoms. The number of carbonyl (C=O) groups is 9. The van der Waals surface area contributed by atoms with Gasteiger partial charge in [-0.1, -0.05) is 83.3 Å². The van der Waals surface area contributed by atoms with Gasteiger partial charge in [-0.15, -0.1) is 0 Å². The predicted octanol–water partition coefficient (Wildman–Crippen LogP) is -10.6. The number of aliphatic hydroxyl groups excluding tert-OH is 18. The zero-order valence-corrected chi connectivity index (χ0v) is 68.1. The summed E-state index contributed by atoms with van der Waals surface area (Å²) in [5.41, 5.74) is 0. The number of aliphatic carboxylic acids is 3. The smallest absolute Gasteiger partial charge is 0.364 e. The number of hydrogen-bond acceptors (Lipinski definition) is 40. The number of esters is 1. The second kappa shape index (κ2) is 48.6. The first kappa shape index (κ1) is 105. The van der Waals surface area contributed by atoms with Gasteiger partial charge >= 0.3 is 23.9 Å². The van der Waals surface area contributed by atoms with Crippen molar-refractivity contribution >= 4 is 53.9 Å². The average Bonchev–Trinajstić information content (AvgIpc) is 0.750. The van der Waals surface area contributed by atoms with Crippen LogP contribution in [0, 0.1) is 0 Å². The lowest BCUT2D eigenvalue weighted by Crippen LogP contribution is -2.72. The number of rotatable bonds is 49. The maximum atomic E-state index is 14.3. The number of nitrogens with one attached hydrogen (secondary N) is 5. The number of hydrogen-bond donors (Lipinski definition) is 26. The quantitative estimate of drug-likeness (QED) is 0.0116. The van der Waals surface area contributed by atoms with E-state index in [9.17, 15) is 150 Å². The summed E-state index contributed by atoms with van der Waals surface area (Å²) < 4.78 is 75.6. The molecule has 702 valence electrons. The fourth-order valence-corrected chi connectivity index (χ4v) is 15.4. The van der Waals surface area contributed by atoms with E-state index in [1.165, 1.54) is 44.6 Å². The van der Waals surface area contributed by atoms with E-state index >= 15 is 0 Å². The maximum Gasteiger partial charge on any atom is 0.364 e. The number of amides is 5. The van der Waals surface area contributed by atoms with Gasteiger partial charge in [0.05, 0.1) is 88.2 Å². The number of carbonyl (C=O) groups excluding carboxylic acids is 6. The van der Waals surface area contributed by atoms with Gasteiger partial charge in [-0.2, -0.15) is 0 Å². The second-order valence-electron chi connectivity index (χ2n) is 31.0. The molecule has 6 aliphatic heterocycles. The van der Waals surface area contributed by atoms with E-state index in [2.05, 4.69) is 33.5 Å². The van der Waals surface area contributed by atoms with Crippen LogP contribution < -0.4 is 26.6 Å². The first-order valence-electron chi connectivity index (χ1n) is 40.2. The van der Waals surface area contributed by atoms with Gasteiger partial charge in [0.25, 0.3) is 17.4 Å². The van der Waals surface area contributed by atoms with Crippen molar-refractivity contribution in [2.75, 3.05) is 46.2 Å². The molecule has 48 nitrogen and oxygen atoms in total. The molecule has 0 aromatic heterocycles. The third kappa shape index (κ3) is 27.2. The van der Waals surface area contributed by atoms with Crippen LogP contribution in [0.5, 0.6) is 0 Å². The standard InChI is InChI=1S/C74H123N5O43/c1-7-8-9-10-11-12-13-14-15-16-17-18-19-20-38(91)37(75-31-85)29-111-67-58(102)57(101)60(46(27-83)113-67)115-68-59(103)65(61(47(28-84)114-68)116-66-51(79-35(5)89)56(100)53(97)43(24-80)112-66)122-74(71(108)109)23-41(94)50(78-34(4)88)64(121-74)55(99)45(26-82)118-73(70(106)107)22-40(93)49(77-33(3)87)63(120-73)54(98)44(25-81)117-72(69(104)105)21-39(92)48(76-32(2)86)62(119-72)52(96)42(95)30-110-36(6)90/h19-20,31,37-68,80-84,91-103H,7-18,21-30H2,1-6H3,(H,75,85)(H,76,86)(H,77,87)(H,78,88)(H,79,89)(H,104,105)(H,106,107)(H,108,109)/b20-19+/t37-,38+,39-,40-,41-,42+,43+,44+,45+,46+,47+,48+,49+,50+,51+,52+,53-,54+,55+,56+,57+,58+,59+,60+,61-,62+,63+,64+,65+,66-,67+,68-,72+,73+,74-/m0/s1. The molecule has 0 aromatic rings. The summed E-state index contributed by atoms with van der Waals surface area (Å²) in [6.07, 6.45) is -50.7. The van der Waals surface area contributed by atoms with E-state index in [0.717, 1.165) is 66.7 Å². The minimum atomic E-state index is -3.72. The third-order valence-electron chi connectivity index (χ3n) is 21.7. The van der Waals surface area contributed by atoms with Crippen LogP contribution in [0.3, 0.4) is 0 Å². The lowest BCUT2D eigenvalue weighted by molar-refractivity contribution is -0.402. The van der Waals surface area contributed by atoms with Gasteiger partial charge in [0.2, 0.25) is 30.0 Å². The number of carboxylic acid groups (broad SMARTS) is 3. The zero-order chi connectivity index (χ0) is 91.0. The molecule has 6 heterocycles. The number of unbranched alkanes of at least 4 members (excludes halogenated alkanes) is 11. The highest BCUT2D eigenvalue weighted by molar-refractivity contribution is 5.78. The Morgan fingerprint density at radius 2 is 0.869 bits per heavy atom. The minimum Gasteiger partial charge on any atom is -0.477 e. The molecule has 122 heavy (non-hydrogen) atoms. The van der Waals surface area contributed by atoms with Crippen molar-refractivity contribution in [2.24, 2.45) is 0 Å². The number of allylic oxidation sites excluding steroid dienone is 1. The van der Waals surface area contributed by atoms with E-state index in [4.69, 9.17) is 61.6 Å². The summed E-state index contributed by atoms with van der Waals surface area (Å²) >= 11 is 0. The highest BCUT2D eigenvalue weighted by Gasteiger charge is 2.65. The summed E-state index contributed by atoms with van der Waals surface area (Å²) in [4.78, 5) is 116. The predicted molar refractivity (Wildman–Crippen MR) is 400 cm³/mol. The van der Waals surface area contributed by atoms with Crippen LogP contribution in [-0.4, -0.2) is 420 Å². The normalized spacial score (nSPS) is 36.4. The molecular formula is C74H123N5O43. The molecule has 26 N–H and O–H groups in total. The minimum absolute atomic E-state index is 0.259. The van der Waals surface area contributed by atoms with E-state index < -0.39 is 326 Å². The molecule has 6 aliphatic rings. The van der Waals surface area contributed by atoms with E-state index in [-0.39, 0.29) is 6.41 Å². The summed E-state index contributed by atoms with van der Waals surface area (Å²) in [5.74, 6) is -22.9. The topological polar surface area (TPSA) is 759 Å². The van der Waals surface area contributed by atoms with Crippen LogP contribution in [0.15, 0.2) is 12.2 Å². The van der Waals surface area contributed by atoms with E-state index in [1.54, 1.807) is 6.08 Å². The van der Waals surface area contributed by atoms with Crippen molar-refractivity contribution < 1.29 is 212 Å². The van der Waals surface area contributed by atoms with Gasteiger partial charge < -0.3 is 195 Å². The van der Waals surface area contributed by atoms with E-state index in [0.29, 0.717) is 6.42 Å². The van der Waals surface area contributed by atoms with Gasteiger partial charge in [0.1, 0.15) is 135 Å². The first-order valence-corrected chi connectivity index (χ1v) is 40.2. The third-order valence-corrected chi connectivity index (χ3v) is 21.7. The Morgan fingerprint density at radius 3 is 1.30 bits per heavy atom. The van der Waals surface area contributed by atoms with Crippen molar-refractivity contribution in [3.8, 4) is 0 Å². The lowest BCUT2D eigenvalue weighted by atomic mass is 9.86.